The first kappa shape index (κ1) is 13.7. The van der Waals surface area contributed by atoms with Crippen LogP contribution >= 0.6 is 15.9 Å². The first-order chi connectivity index (χ1) is 9.21. The molecule has 0 saturated carbocycles. The van der Waals surface area contributed by atoms with Crippen molar-refractivity contribution in [2.75, 3.05) is 21.3 Å². The second-order valence-electron chi connectivity index (χ2n) is 3.75. The van der Waals surface area contributed by atoms with Crippen LogP contribution in [0.4, 0.5) is 0 Å². The number of hydrogen-bond acceptors (Lipinski definition) is 4. The lowest BCUT2D eigenvalue weighted by atomic mass is 10.1. The van der Waals surface area contributed by atoms with Gasteiger partial charge < -0.3 is 14.2 Å². The molecular formula is C14H14BrNO3. The minimum Gasteiger partial charge on any atom is -0.497 e. The Morgan fingerprint density at radius 2 is 1.63 bits per heavy atom. The zero-order chi connectivity index (χ0) is 13.8. The van der Waals surface area contributed by atoms with Crippen LogP contribution < -0.4 is 14.2 Å². The van der Waals surface area contributed by atoms with E-state index in [-0.39, 0.29) is 0 Å². The highest BCUT2D eigenvalue weighted by Gasteiger charge is 2.15. The Kier molecular flexibility index (Phi) is 4.27. The van der Waals surface area contributed by atoms with Crippen LogP contribution in [-0.4, -0.2) is 26.3 Å². The molecule has 0 N–H and O–H groups in total. The average molecular weight is 324 g/mol. The number of benzene rings is 1. The summed E-state index contributed by atoms with van der Waals surface area (Å²) in [6.07, 6.45) is 1.66. The highest BCUT2D eigenvalue weighted by Crippen LogP contribution is 2.40. The summed E-state index contributed by atoms with van der Waals surface area (Å²) in [6.45, 7) is 0. The van der Waals surface area contributed by atoms with E-state index in [9.17, 15) is 0 Å². The van der Waals surface area contributed by atoms with Gasteiger partial charge in [0, 0.05) is 5.56 Å². The number of ether oxygens (including phenoxy) is 3. The Balaban J connectivity index is 2.51. The van der Waals surface area contributed by atoms with Gasteiger partial charge in [-0.05, 0) is 40.2 Å². The van der Waals surface area contributed by atoms with Crippen LogP contribution in [0.25, 0.3) is 11.3 Å². The van der Waals surface area contributed by atoms with Crippen LogP contribution in [0.1, 0.15) is 0 Å². The van der Waals surface area contributed by atoms with Crippen LogP contribution in [-0.2, 0) is 0 Å². The van der Waals surface area contributed by atoms with Crippen molar-refractivity contribution in [2.24, 2.45) is 0 Å². The number of halogens is 1. The molecule has 0 radical (unpaired) electrons. The van der Waals surface area contributed by atoms with Crippen molar-refractivity contribution in [2.45, 2.75) is 0 Å². The van der Waals surface area contributed by atoms with Crippen molar-refractivity contribution in [3.8, 4) is 28.5 Å². The van der Waals surface area contributed by atoms with Crippen LogP contribution in [0.5, 0.6) is 17.2 Å². The molecule has 2 rings (SSSR count). The van der Waals surface area contributed by atoms with Crippen molar-refractivity contribution < 1.29 is 14.2 Å². The van der Waals surface area contributed by atoms with Gasteiger partial charge >= 0.3 is 0 Å². The van der Waals surface area contributed by atoms with E-state index in [0.29, 0.717) is 11.5 Å². The van der Waals surface area contributed by atoms with Crippen LogP contribution in [0, 0.1) is 0 Å². The second kappa shape index (κ2) is 5.93. The number of hydrogen-bond donors (Lipinski definition) is 0. The zero-order valence-electron chi connectivity index (χ0n) is 10.9. The Morgan fingerprint density at radius 3 is 2.16 bits per heavy atom. The number of pyridine rings is 1. The van der Waals surface area contributed by atoms with Gasteiger partial charge in [0.15, 0.2) is 11.5 Å². The molecule has 0 saturated heterocycles. The van der Waals surface area contributed by atoms with Crippen LogP contribution in [0.3, 0.4) is 0 Å². The Labute approximate surface area is 120 Å². The fourth-order valence-corrected chi connectivity index (χ4v) is 2.35. The van der Waals surface area contributed by atoms with Gasteiger partial charge in [0.1, 0.15) is 15.9 Å². The fourth-order valence-electron chi connectivity index (χ4n) is 1.74. The molecule has 0 atom stereocenters. The lowest BCUT2D eigenvalue weighted by molar-refractivity contribution is 0.387. The molecule has 2 aromatic rings. The first-order valence-electron chi connectivity index (χ1n) is 5.62. The third-order valence-electron chi connectivity index (χ3n) is 2.73. The molecule has 0 fully saturated rings. The molecule has 0 bridgehead atoms. The van der Waals surface area contributed by atoms with Gasteiger partial charge in [-0.1, -0.05) is 0 Å². The molecular weight excluding hydrogens is 310 g/mol. The van der Waals surface area contributed by atoms with E-state index in [2.05, 4.69) is 20.9 Å². The summed E-state index contributed by atoms with van der Waals surface area (Å²) in [5.74, 6) is 2.08. The Morgan fingerprint density at radius 1 is 0.947 bits per heavy atom. The third kappa shape index (κ3) is 2.66. The van der Waals surface area contributed by atoms with Crippen LogP contribution in [0.2, 0.25) is 0 Å². The minimum atomic E-state index is 0.633. The monoisotopic (exact) mass is 323 g/mol. The van der Waals surface area contributed by atoms with E-state index in [1.54, 1.807) is 27.5 Å². The van der Waals surface area contributed by atoms with Gasteiger partial charge in [-0.3, -0.25) is 0 Å². The second-order valence-corrected chi connectivity index (χ2v) is 4.54. The predicted octanol–water partition coefficient (Wildman–Crippen LogP) is 3.54. The summed E-state index contributed by atoms with van der Waals surface area (Å²) in [5, 5.41) is 0. The molecule has 0 unspecified atom stereocenters. The van der Waals surface area contributed by atoms with Crippen molar-refractivity contribution in [1.29, 1.82) is 0 Å². The summed E-state index contributed by atoms with van der Waals surface area (Å²) < 4.78 is 16.5. The largest absolute Gasteiger partial charge is 0.497 e. The third-order valence-corrected chi connectivity index (χ3v) is 3.48. The molecule has 5 heteroatoms. The first-order valence-corrected chi connectivity index (χ1v) is 6.41. The van der Waals surface area contributed by atoms with Crippen LogP contribution in [0.15, 0.2) is 34.9 Å². The quantitative estimate of drug-likeness (QED) is 0.863. The molecule has 0 amide bonds. The molecule has 1 heterocycles. The maximum atomic E-state index is 5.41. The lowest BCUT2D eigenvalue weighted by Crippen LogP contribution is -1.96. The molecule has 0 aliphatic rings. The molecule has 0 aliphatic carbocycles. The van der Waals surface area contributed by atoms with Gasteiger partial charge in [0.25, 0.3) is 0 Å². The maximum Gasteiger partial charge on any atom is 0.163 e. The number of rotatable bonds is 4. The van der Waals surface area contributed by atoms with E-state index in [4.69, 9.17) is 14.2 Å². The molecule has 0 spiro atoms. The van der Waals surface area contributed by atoms with Gasteiger partial charge in [0.05, 0.1) is 27.5 Å². The van der Waals surface area contributed by atoms with E-state index in [1.807, 2.05) is 24.3 Å². The summed E-state index contributed by atoms with van der Waals surface area (Å²) >= 11 is 3.46. The van der Waals surface area contributed by atoms with Crippen molar-refractivity contribution in [3.63, 3.8) is 0 Å². The summed E-state index contributed by atoms with van der Waals surface area (Å²) in [5.41, 5.74) is 1.69. The molecule has 0 aliphatic heterocycles. The van der Waals surface area contributed by atoms with E-state index >= 15 is 0 Å². The zero-order valence-corrected chi connectivity index (χ0v) is 12.5. The van der Waals surface area contributed by atoms with E-state index in [1.165, 1.54) is 0 Å². The SMILES string of the molecule is COc1ccc(-c2ncc(OC)c(Br)c2OC)cc1. The highest BCUT2D eigenvalue weighted by molar-refractivity contribution is 9.10. The van der Waals surface area contributed by atoms with Crippen molar-refractivity contribution in [1.82, 2.24) is 4.98 Å². The van der Waals surface area contributed by atoms with Gasteiger partial charge in [-0.15, -0.1) is 0 Å². The number of methoxy groups -OCH3 is 3. The van der Waals surface area contributed by atoms with E-state index < -0.39 is 0 Å². The lowest BCUT2D eigenvalue weighted by Gasteiger charge is -2.12. The number of nitrogens with zero attached hydrogens (tertiary/aromatic N) is 1. The molecule has 4 nitrogen and oxygen atoms in total. The predicted molar refractivity (Wildman–Crippen MR) is 77.0 cm³/mol. The van der Waals surface area contributed by atoms with E-state index in [0.717, 1.165) is 21.5 Å². The Hall–Kier alpha value is -1.75. The summed E-state index contributed by atoms with van der Waals surface area (Å²) in [7, 11) is 4.83. The van der Waals surface area contributed by atoms with Gasteiger partial charge in [-0.25, -0.2) is 4.98 Å². The maximum absolute atomic E-state index is 5.41. The summed E-state index contributed by atoms with van der Waals surface area (Å²) in [4.78, 5) is 4.39. The van der Waals surface area contributed by atoms with Gasteiger partial charge in [0.2, 0.25) is 0 Å². The standard InChI is InChI=1S/C14H14BrNO3/c1-17-10-6-4-9(5-7-10)13-14(19-3)12(15)11(18-2)8-16-13/h4-8H,1-3H3. The smallest absolute Gasteiger partial charge is 0.163 e. The normalized spacial score (nSPS) is 10.1. The average Bonchev–Trinajstić information content (AvgIpc) is 2.47. The fraction of sp³-hybridized carbons (Fsp3) is 0.214. The number of aromatic nitrogens is 1. The summed E-state index contributed by atoms with van der Waals surface area (Å²) in [6, 6.07) is 7.63. The highest BCUT2D eigenvalue weighted by atomic mass is 79.9. The topological polar surface area (TPSA) is 40.6 Å². The van der Waals surface area contributed by atoms with Crippen molar-refractivity contribution >= 4 is 15.9 Å². The molecule has 1 aromatic carbocycles. The molecule has 100 valence electrons. The van der Waals surface area contributed by atoms with Gasteiger partial charge in [-0.2, -0.15) is 0 Å². The van der Waals surface area contributed by atoms with Crippen molar-refractivity contribution in [3.05, 3.63) is 34.9 Å². The minimum absolute atomic E-state index is 0.633. The molecule has 1 aromatic heterocycles. The molecule has 19 heavy (non-hydrogen) atoms. The Bertz CT molecular complexity index is 570.